The van der Waals surface area contributed by atoms with Gasteiger partial charge >= 0.3 is 0 Å². The van der Waals surface area contributed by atoms with E-state index in [-0.39, 0.29) is 11.9 Å². The Hall–Kier alpha value is -1.13. The van der Waals surface area contributed by atoms with E-state index in [1.54, 1.807) is 26.4 Å². The summed E-state index contributed by atoms with van der Waals surface area (Å²) in [6, 6.07) is 5.25. The van der Waals surface area contributed by atoms with Crippen LogP contribution in [-0.2, 0) is 4.74 Å². The van der Waals surface area contributed by atoms with Crippen molar-refractivity contribution in [1.29, 1.82) is 0 Å². The van der Waals surface area contributed by atoms with Gasteiger partial charge in [-0.1, -0.05) is 6.07 Å². The van der Waals surface area contributed by atoms with E-state index in [4.69, 9.17) is 9.47 Å². The Morgan fingerprint density at radius 1 is 1.33 bits per heavy atom. The molecule has 100 valence electrons. The molecule has 1 aliphatic rings. The lowest BCUT2D eigenvalue weighted by Gasteiger charge is -2.37. The number of rotatable bonds is 5. The average molecular weight is 253 g/mol. The minimum absolute atomic E-state index is 0.0658. The molecule has 0 heterocycles. The van der Waals surface area contributed by atoms with Crippen LogP contribution in [0.4, 0.5) is 4.39 Å². The summed E-state index contributed by atoms with van der Waals surface area (Å²) in [4.78, 5) is 0. The number of halogens is 1. The van der Waals surface area contributed by atoms with Gasteiger partial charge in [0.1, 0.15) is 11.6 Å². The Morgan fingerprint density at radius 2 is 2.06 bits per heavy atom. The van der Waals surface area contributed by atoms with E-state index in [9.17, 15) is 4.39 Å². The Kier molecular flexibility index (Phi) is 4.19. The number of nitrogens with one attached hydrogen (secondary N) is 1. The Bertz CT molecular complexity index is 405. The molecule has 0 spiro atoms. The molecule has 4 heteroatoms. The molecule has 0 aliphatic heterocycles. The van der Waals surface area contributed by atoms with E-state index in [1.165, 1.54) is 6.07 Å². The molecule has 1 N–H and O–H groups in total. The van der Waals surface area contributed by atoms with Crippen LogP contribution in [0, 0.1) is 5.82 Å². The molecule has 0 radical (unpaired) electrons. The van der Waals surface area contributed by atoms with Gasteiger partial charge in [0, 0.05) is 24.8 Å². The van der Waals surface area contributed by atoms with Crippen molar-refractivity contribution >= 4 is 0 Å². The molecule has 1 aromatic rings. The van der Waals surface area contributed by atoms with Crippen LogP contribution in [0.25, 0.3) is 0 Å². The molecular formula is C14H20FNO2. The van der Waals surface area contributed by atoms with Gasteiger partial charge < -0.3 is 14.8 Å². The van der Waals surface area contributed by atoms with Crippen LogP contribution in [0.2, 0.25) is 0 Å². The first-order valence-corrected chi connectivity index (χ1v) is 6.27. The van der Waals surface area contributed by atoms with Crippen molar-refractivity contribution in [3.8, 4) is 5.75 Å². The van der Waals surface area contributed by atoms with E-state index < -0.39 is 0 Å². The largest absolute Gasteiger partial charge is 0.496 e. The third-order valence-electron chi connectivity index (χ3n) is 3.58. The van der Waals surface area contributed by atoms with E-state index >= 15 is 0 Å². The van der Waals surface area contributed by atoms with Crippen molar-refractivity contribution in [2.24, 2.45) is 0 Å². The third-order valence-corrected chi connectivity index (χ3v) is 3.58. The molecule has 18 heavy (non-hydrogen) atoms. The van der Waals surface area contributed by atoms with Crippen LogP contribution in [0.5, 0.6) is 5.75 Å². The van der Waals surface area contributed by atoms with Crippen molar-refractivity contribution < 1.29 is 13.9 Å². The van der Waals surface area contributed by atoms with Crippen molar-refractivity contribution in [2.45, 2.75) is 38.0 Å². The zero-order valence-corrected chi connectivity index (χ0v) is 11.1. The summed E-state index contributed by atoms with van der Waals surface area (Å²) >= 11 is 0. The lowest BCUT2D eigenvalue weighted by molar-refractivity contribution is 0.0145. The van der Waals surface area contributed by atoms with E-state index in [2.05, 4.69) is 5.32 Å². The minimum atomic E-state index is -0.225. The second-order valence-corrected chi connectivity index (χ2v) is 4.77. The van der Waals surface area contributed by atoms with Gasteiger partial charge in [-0.3, -0.25) is 0 Å². The second-order valence-electron chi connectivity index (χ2n) is 4.77. The van der Waals surface area contributed by atoms with Gasteiger partial charge in [0.05, 0.1) is 13.2 Å². The quantitative estimate of drug-likeness (QED) is 0.875. The van der Waals surface area contributed by atoms with Gasteiger partial charge in [-0.2, -0.15) is 0 Å². The fourth-order valence-electron chi connectivity index (χ4n) is 2.45. The van der Waals surface area contributed by atoms with Gasteiger partial charge in [-0.15, -0.1) is 0 Å². The number of ether oxygens (including phenoxy) is 2. The minimum Gasteiger partial charge on any atom is -0.496 e. The highest BCUT2D eigenvalue weighted by Gasteiger charge is 2.30. The van der Waals surface area contributed by atoms with Crippen LogP contribution in [0.15, 0.2) is 18.2 Å². The summed E-state index contributed by atoms with van der Waals surface area (Å²) in [6.07, 6.45) is 2.31. The van der Waals surface area contributed by atoms with Crippen molar-refractivity contribution in [3.63, 3.8) is 0 Å². The molecule has 0 aromatic heterocycles. The predicted molar refractivity (Wildman–Crippen MR) is 68.3 cm³/mol. The molecule has 0 bridgehead atoms. The number of methoxy groups -OCH3 is 2. The summed E-state index contributed by atoms with van der Waals surface area (Å²) in [5.74, 6) is 0.370. The van der Waals surface area contributed by atoms with Crippen LogP contribution in [-0.4, -0.2) is 26.4 Å². The molecule has 0 amide bonds. The normalized spacial score (nSPS) is 24.4. The van der Waals surface area contributed by atoms with Crippen molar-refractivity contribution in [1.82, 2.24) is 5.32 Å². The van der Waals surface area contributed by atoms with E-state index in [0.717, 1.165) is 12.8 Å². The van der Waals surface area contributed by atoms with Gasteiger partial charge in [0.2, 0.25) is 0 Å². The van der Waals surface area contributed by atoms with Gasteiger partial charge in [-0.25, -0.2) is 4.39 Å². The van der Waals surface area contributed by atoms with Gasteiger partial charge in [-0.05, 0) is 31.9 Å². The Balaban J connectivity index is 2.03. The maximum Gasteiger partial charge on any atom is 0.131 e. The summed E-state index contributed by atoms with van der Waals surface area (Å²) in [7, 11) is 3.29. The van der Waals surface area contributed by atoms with Crippen LogP contribution in [0.3, 0.4) is 0 Å². The molecule has 1 atom stereocenters. The Morgan fingerprint density at radius 3 is 2.67 bits per heavy atom. The van der Waals surface area contributed by atoms with Crippen molar-refractivity contribution in [2.75, 3.05) is 14.2 Å². The summed E-state index contributed by atoms with van der Waals surface area (Å²) < 4.78 is 24.3. The highest BCUT2D eigenvalue weighted by Crippen LogP contribution is 2.31. The SMILES string of the molecule is COc1cccc(F)c1C(C)NC1CC(OC)C1. The molecule has 1 aliphatic carbocycles. The van der Waals surface area contributed by atoms with Gasteiger partial charge in [0.25, 0.3) is 0 Å². The van der Waals surface area contributed by atoms with E-state index in [1.807, 2.05) is 6.92 Å². The Labute approximate surface area is 107 Å². The zero-order valence-electron chi connectivity index (χ0n) is 11.1. The maximum absolute atomic E-state index is 13.9. The van der Waals surface area contributed by atoms with E-state index in [0.29, 0.717) is 23.5 Å². The average Bonchev–Trinajstić information content (AvgIpc) is 2.32. The molecule has 1 unspecified atom stereocenters. The first-order valence-electron chi connectivity index (χ1n) is 6.27. The zero-order chi connectivity index (χ0) is 13.1. The fraction of sp³-hybridized carbons (Fsp3) is 0.571. The number of benzene rings is 1. The fourth-order valence-corrected chi connectivity index (χ4v) is 2.45. The lowest BCUT2D eigenvalue weighted by atomic mass is 9.88. The third kappa shape index (κ3) is 2.65. The highest BCUT2D eigenvalue weighted by molar-refractivity contribution is 5.37. The predicted octanol–water partition coefficient (Wildman–Crippen LogP) is 2.66. The number of hydrogen-bond donors (Lipinski definition) is 1. The second kappa shape index (κ2) is 5.67. The smallest absolute Gasteiger partial charge is 0.131 e. The summed E-state index contributed by atoms with van der Waals surface area (Å²) in [5, 5.41) is 3.41. The first-order chi connectivity index (χ1) is 8.65. The lowest BCUT2D eigenvalue weighted by Crippen LogP contribution is -2.46. The van der Waals surface area contributed by atoms with Crippen LogP contribution in [0.1, 0.15) is 31.4 Å². The standard InChI is InChI=1S/C14H20FNO2/c1-9(16-10-7-11(8-10)17-2)14-12(15)5-4-6-13(14)18-3/h4-6,9-11,16H,7-8H2,1-3H3. The van der Waals surface area contributed by atoms with Crippen LogP contribution >= 0.6 is 0 Å². The monoisotopic (exact) mass is 253 g/mol. The molecule has 3 nitrogen and oxygen atoms in total. The van der Waals surface area contributed by atoms with Crippen molar-refractivity contribution in [3.05, 3.63) is 29.6 Å². The molecule has 0 saturated heterocycles. The first kappa shape index (κ1) is 13.3. The van der Waals surface area contributed by atoms with Crippen LogP contribution < -0.4 is 10.1 Å². The summed E-state index contributed by atoms with van der Waals surface area (Å²) in [6.45, 7) is 1.96. The topological polar surface area (TPSA) is 30.5 Å². The molecule has 1 aromatic carbocycles. The number of hydrogen-bond acceptors (Lipinski definition) is 3. The molecule has 1 fully saturated rings. The summed E-state index contributed by atoms with van der Waals surface area (Å²) in [5.41, 5.74) is 0.598. The molecule has 2 rings (SSSR count). The molecular weight excluding hydrogens is 233 g/mol. The highest BCUT2D eigenvalue weighted by atomic mass is 19.1. The van der Waals surface area contributed by atoms with Gasteiger partial charge in [0.15, 0.2) is 0 Å². The maximum atomic E-state index is 13.9. The molecule has 1 saturated carbocycles.